The van der Waals surface area contributed by atoms with E-state index < -0.39 is 0 Å². The van der Waals surface area contributed by atoms with E-state index in [9.17, 15) is 0 Å². The molecule has 76 valence electrons. The third-order valence-corrected chi connectivity index (χ3v) is 1.96. The molecule has 0 aromatic rings. The summed E-state index contributed by atoms with van der Waals surface area (Å²) in [5.41, 5.74) is 2.62. The van der Waals surface area contributed by atoms with Crippen LogP contribution < -0.4 is 11.3 Å². The Morgan fingerprint density at radius 3 is 3.08 bits per heavy atom. The fourth-order valence-electron chi connectivity index (χ4n) is 1.34. The van der Waals surface area contributed by atoms with Crippen LogP contribution in [0.25, 0.3) is 0 Å². The van der Waals surface area contributed by atoms with Crippen molar-refractivity contribution in [3.8, 4) is 0 Å². The lowest BCUT2D eigenvalue weighted by Crippen LogP contribution is -2.45. The number of hydrogen-bond donors (Lipinski definition) is 2. The van der Waals surface area contributed by atoms with Gasteiger partial charge in [-0.1, -0.05) is 0 Å². The van der Waals surface area contributed by atoms with E-state index in [1.54, 1.807) is 0 Å². The van der Waals surface area contributed by atoms with Gasteiger partial charge >= 0.3 is 0 Å². The molecule has 0 unspecified atom stereocenters. The first-order chi connectivity index (χ1) is 6.38. The predicted molar refractivity (Wildman–Crippen MR) is 52.3 cm³/mol. The summed E-state index contributed by atoms with van der Waals surface area (Å²) in [7, 11) is 0. The average Bonchev–Trinajstić information content (AvgIpc) is 2.42. The molecule has 5 heteroatoms. The van der Waals surface area contributed by atoms with Gasteiger partial charge in [0.25, 0.3) is 0 Å². The molecule has 1 rings (SSSR count). The Kier molecular flexibility index (Phi) is 4.56. The Labute approximate surface area is 78.9 Å². The van der Waals surface area contributed by atoms with Gasteiger partial charge in [-0.3, -0.25) is 10.4 Å². The zero-order chi connectivity index (χ0) is 9.52. The van der Waals surface area contributed by atoms with Crippen LogP contribution in [-0.4, -0.2) is 43.7 Å². The molecular weight excluding hydrogens is 168 g/mol. The van der Waals surface area contributed by atoms with Crippen LogP contribution in [0, 0.1) is 0 Å². The van der Waals surface area contributed by atoms with Gasteiger partial charge in [-0.2, -0.15) is 0 Å². The average molecular weight is 186 g/mol. The fraction of sp³-hybridized carbons (Fsp3) is 0.875. The van der Waals surface area contributed by atoms with Gasteiger partial charge < -0.3 is 9.64 Å². The number of hydrazine groups is 1. The first kappa shape index (κ1) is 10.3. The van der Waals surface area contributed by atoms with Crippen LogP contribution in [0.1, 0.15) is 13.3 Å². The Morgan fingerprint density at radius 1 is 1.54 bits per heavy atom. The number of hydrogen-bond acceptors (Lipinski definition) is 3. The van der Waals surface area contributed by atoms with Crippen LogP contribution in [0.15, 0.2) is 4.99 Å². The number of nitrogens with two attached hydrogens (primary N) is 1. The van der Waals surface area contributed by atoms with Gasteiger partial charge in [0.05, 0.1) is 6.61 Å². The van der Waals surface area contributed by atoms with Crippen molar-refractivity contribution in [3.05, 3.63) is 0 Å². The van der Waals surface area contributed by atoms with Crippen molar-refractivity contribution in [2.75, 3.05) is 32.8 Å². The SMILES string of the molecule is CCN=C(NN)N1CCCOCC1. The Balaban J connectivity index is 2.50. The Hall–Kier alpha value is -0.810. The van der Waals surface area contributed by atoms with Crippen molar-refractivity contribution in [3.63, 3.8) is 0 Å². The molecule has 0 atom stereocenters. The van der Waals surface area contributed by atoms with E-state index in [4.69, 9.17) is 10.6 Å². The van der Waals surface area contributed by atoms with E-state index in [0.29, 0.717) is 0 Å². The summed E-state index contributed by atoms with van der Waals surface area (Å²) in [4.78, 5) is 6.38. The lowest BCUT2D eigenvalue weighted by Gasteiger charge is -2.22. The second kappa shape index (κ2) is 5.77. The second-order valence-electron chi connectivity index (χ2n) is 2.90. The number of aliphatic imine (C=N–C) groups is 1. The molecule has 1 fully saturated rings. The molecular formula is C8H18N4O. The van der Waals surface area contributed by atoms with E-state index in [0.717, 1.165) is 45.2 Å². The summed E-state index contributed by atoms with van der Waals surface area (Å²) in [5.74, 6) is 6.15. The standard InChI is InChI=1S/C8H18N4O/c1-2-10-8(11-9)12-4-3-6-13-7-5-12/h2-7,9H2,1H3,(H,10,11). The van der Waals surface area contributed by atoms with Crippen molar-refractivity contribution >= 4 is 5.96 Å². The highest BCUT2D eigenvalue weighted by molar-refractivity contribution is 5.79. The summed E-state index contributed by atoms with van der Waals surface area (Å²) in [5, 5.41) is 0. The van der Waals surface area contributed by atoms with Gasteiger partial charge in [0, 0.05) is 26.2 Å². The number of rotatable bonds is 1. The van der Waals surface area contributed by atoms with Gasteiger partial charge in [-0.15, -0.1) is 0 Å². The molecule has 1 heterocycles. The van der Waals surface area contributed by atoms with Crippen LogP contribution in [0.2, 0.25) is 0 Å². The molecule has 0 aromatic heterocycles. The highest BCUT2D eigenvalue weighted by atomic mass is 16.5. The number of guanidine groups is 1. The molecule has 0 aliphatic carbocycles. The molecule has 3 N–H and O–H groups in total. The van der Waals surface area contributed by atoms with Crippen molar-refractivity contribution < 1.29 is 4.74 Å². The fourth-order valence-corrected chi connectivity index (χ4v) is 1.34. The zero-order valence-electron chi connectivity index (χ0n) is 8.12. The summed E-state index contributed by atoms with van der Waals surface area (Å²) in [6.07, 6.45) is 1.03. The summed E-state index contributed by atoms with van der Waals surface area (Å²) in [6, 6.07) is 0. The van der Waals surface area contributed by atoms with E-state index in [-0.39, 0.29) is 0 Å². The first-order valence-corrected chi connectivity index (χ1v) is 4.72. The van der Waals surface area contributed by atoms with Crippen LogP contribution in [0.3, 0.4) is 0 Å². The molecule has 0 aromatic carbocycles. The molecule has 0 bridgehead atoms. The van der Waals surface area contributed by atoms with Gasteiger partial charge in [0.1, 0.15) is 0 Å². The topological polar surface area (TPSA) is 62.9 Å². The smallest absolute Gasteiger partial charge is 0.208 e. The monoisotopic (exact) mass is 186 g/mol. The summed E-state index contributed by atoms with van der Waals surface area (Å²) in [6.45, 7) is 6.15. The van der Waals surface area contributed by atoms with E-state index >= 15 is 0 Å². The minimum atomic E-state index is 0.747. The predicted octanol–water partition coefficient (Wildman–Crippen LogP) is -0.452. The molecule has 1 aliphatic heterocycles. The normalized spacial score (nSPS) is 19.8. The lowest BCUT2D eigenvalue weighted by atomic mass is 10.4. The molecule has 0 amide bonds. The zero-order valence-corrected chi connectivity index (χ0v) is 8.12. The second-order valence-corrected chi connectivity index (χ2v) is 2.90. The van der Waals surface area contributed by atoms with Gasteiger partial charge in [-0.25, -0.2) is 5.84 Å². The molecule has 0 radical (unpaired) electrons. The quantitative estimate of drug-likeness (QED) is 0.252. The Bertz CT molecular complexity index is 164. The van der Waals surface area contributed by atoms with Gasteiger partial charge in [0.2, 0.25) is 5.96 Å². The maximum Gasteiger partial charge on any atom is 0.208 e. The largest absolute Gasteiger partial charge is 0.380 e. The first-order valence-electron chi connectivity index (χ1n) is 4.72. The Morgan fingerprint density at radius 2 is 2.38 bits per heavy atom. The third kappa shape index (κ3) is 3.20. The van der Waals surface area contributed by atoms with Crippen molar-refractivity contribution in [1.29, 1.82) is 0 Å². The van der Waals surface area contributed by atoms with Crippen LogP contribution in [0.5, 0.6) is 0 Å². The molecule has 13 heavy (non-hydrogen) atoms. The maximum absolute atomic E-state index is 5.38. The van der Waals surface area contributed by atoms with Crippen molar-refractivity contribution in [2.45, 2.75) is 13.3 Å². The summed E-state index contributed by atoms with van der Waals surface area (Å²) < 4.78 is 5.33. The lowest BCUT2D eigenvalue weighted by molar-refractivity contribution is 0.147. The highest BCUT2D eigenvalue weighted by Gasteiger charge is 2.11. The molecule has 1 saturated heterocycles. The summed E-state index contributed by atoms with van der Waals surface area (Å²) >= 11 is 0. The van der Waals surface area contributed by atoms with Gasteiger partial charge in [0.15, 0.2) is 0 Å². The number of ether oxygens (including phenoxy) is 1. The number of nitrogens with zero attached hydrogens (tertiary/aromatic N) is 2. The van der Waals surface area contributed by atoms with Crippen molar-refractivity contribution in [2.24, 2.45) is 10.8 Å². The van der Waals surface area contributed by atoms with Crippen molar-refractivity contribution in [1.82, 2.24) is 10.3 Å². The molecule has 1 aliphatic rings. The van der Waals surface area contributed by atoms with Crippen LogP contribution in [-0.2, 0) is 4.74 Å². The maximum atomic E-state index is 5.38. The van der Waals surface area contributed by atoms with Gasteiger partial charge in [-0.05, 0) is 13.3 Å². The van der Waals surface area contributed by atoms with Crippen LogP contribution in [0.4, 0.5) is 0 Å². The van der Waals surface area contributed by atoms with E-state index in [1.165, 1.54) is 0 Å². The van der Waals surface area contributed by atoms with E-state index in [1.807, 2.05) is 6.92 Å². The molecule has 0 saturated carbocycles. The highest BCUT2D eigenvalue weighted by Crippen LogP contribution is 1.98. The number of nitrogens with one attached hydrogen (secondary N) is 1. The minimum Gasteiger partial charge on any atom is -0.380 e. The third-order valence-electron chi connectivity index (χ3n) is 1.96. The molecule has 0 spiro atoms. The van der Waals surface area contributed by atoms with E-state index in [2.05, 4.69) is 15.3 Å². The molecule has 5 nitrogen and oxygen atoms in total. The van der Waals surface area contributed by atoms with Crippen LogP contribution >= 0.6 is 0 Å². The minimum absolute atomic E-state index is 0.747.